The molecule has 6 nitrogen and oxygen atoms in total. The van der Waals surface area contributed by atoms with Gasteiger partial charge in [0.05, 0.1) is 29.1 Å². The van der Waals surface area contributed by atoms with Gasteiger partial charge in [0, 0.05) is 12.3 Å². The van der Waals surface area contributed by atoms with Gasteiger partial charge in [-0.15, -0.1) is 0 Å². The summed E-state index contributed by atoms with van der Waals surface area (Å²) in [4.78, 5) is 15.2. The van der Waals surface area contributed by atoms with Crippen LogP contribution in [-0.4, -0.2) is 24.1 Å². The second-order valence-corrected chi connectivity index (χ2v) is 5.26. The topological polar surface area (TPSA) is 74.5 Å². The van der Waals surface area contributed by atoms with Crippen LogP contribution in [0.1, 0.15) is 0 Å². The van der Waals surface area contributed by atoms with E-state index in [0.29, 0.717) is 16.4 Å². The van der Waals surface area contributed by atoms with Gasteiger partial charge >= 0.3 is 5.69 Å². The first-order chi connectivity index (χ1) is 10.1. The number of nitro groups is 1. The van der Waals surface area contributed by atoms with Gasteiger partial charge in [-0.2, -0.15) is 0 Å². The molecule has 0 aliphatic rings. The van der Waals surface area contributed by atoms with Crippen LogP contribution < -0.4 is 9.47 Å². The van der Waals surface area contributed by atoms with Crippen molar-refractivity contribution in [2.24, 2.45) is 0 Å². The Morgan fingerprint density at radius 3 is 2.43 bits per heavy atom. The number of halogens is 1. The third-order valence-corrected chi connectivity index (χ3v) is 3.90. The molecular formula is C13H11ClN2O4S. The zero-order chi connectivity index (χ0) is 15.4. The number of nitrogens with zero attached hydrogens (tertiary/aromatic N) is 2. The molecule has 0 amide bonds. The van der Waals surface area contributed by atoms with Crippen LogP contribution in [0.25, 0.3) is 0 Å². The van der Waals surface area contributed by atoms with Crippen LogP contribution in [0.3, 0.4) is 0 Å². The lowest BCUT2D eigenvalue weighted by atomic mass is 10.3. The average molecular weight is 327 g/mol. The maximum Gasteiger partial charge on any atom is 0.303 e. The Morgan fingerprint density at radius 1 is 1.29 bits per heavy atom. The SMILES string of the molecule is COc1cccc(OC)c1Sc1ncc(Cl)cc1[N+](=O)[O-]. The molecule has 0 N–H and O–H groups in total. The van der Waals surface area contributed by atoms with E-state index in [9.17, 15) is 10.1 Å². The maximum atomic E-state index is 11.1. The van der Waals surface area contributed by atoms with Crippen molar-refractivity contribution in [2.75, 3.05) is 14.2 Å². The van der Waals surface area contributed by atoms with Gasteiger partial charge in [-0.25, -0.2) is 4.98 Å². The standard InChI is InChI=1S/C13H11ClN2O4S/c1-19-10-4-3-5-11(20-2)12(10)21-13-9(16(17)18)6-8(14)7-15-13/h3-7H,1-2H3. The van der Waals surface area contributed by atoms with Gasteiger partial charge in [0.15, 0.2) is 5.03 Å². The molecule has 1 aromatic carbocycles. The minimum absolute atomic E-state index is 0.166. The predicted molar refractivity (Wildman–Crippen MR) is 79.6 cm³/mol. The molecule has 1 aromatic heterocycles. The Kier molecular flexibility index (Phi) is 4.87. The van der Waals surface area contributed by atoms with Crippen LogP contribution in [0.5, 0.6) is 11.5 Å². The fraction of sp³-hybridized carbons (Fsp3) is 0.154. The lowest BCUT2D eigenvalue weighted by Gasteiger charge is -2.12. The van der Waals surface area contributed by atoms with Crippen molar-refractivity contribution in [1.82, 2.24) is 4.98 Å². The monoisotopic (exact) mass is 326 g/mol. The Morgan fingerprint density at radius 2 is 1.90 bits per heavy atom. The summed E-state index contributed by atoms with van der Waals surface area (Å²) < 4.78 is 10.5. The number of rotatable bonds is 5. The van der Waals surface area contributed by atoms with E-state index >= 15 is 0 Å². The molecule has 0 spiro atoms. The summed E-state index contributed by atoms with van der Waals surface area (Å²) in [7, 11) is 3.03. The van der Waals surface area contributed by atoms with E-state index < -0.39 is 4.92 Å². The Labute approximate surface area is 130 Å². The summed E-state index contributed by atoms with van der Waals surface area (Å²) in [6.07, 6.45) is 1.36. The highest BCUT2D eigenvalue weighted by Gasteiger charge is 2.21. The Balaban J connectivity index is 2.50. The number of hydrogen-bond acceptors (Lipinski definition) is 6. The summed E-state index contributed by atoms with van der Waals surface area (Å²) >= 11 is 6.85. The molecule has 2 rings (SSSR count). The third kappa shape index (κ3) is 3.37. The van der Waals surface area contributed by atoms with E-state index in [2.05, 4.69) is 4.98 Å². The molecule has 8 heteroatoms. The molecule has 110 valence electrons. The summed E-state index contributed by atoms with van der Waals surface area (Å²) in [5.74, 6) is 1.09. The molecule has 0 saturated carbocycles. The van der Waals surface area contributed by atoms with Crippen LogP contribution >= 0.6 is 23.4 Å². The van der Waals surface area contributed by atoms with E-state index in [1.54, 1.807) is 18.2 Å². The Hall–Kier alpha value is -1.99. The van der Waals surface area contributed by atoms with Crippen LogP contribution in [0.4, 0.5) is 5.69 Å². The maximum absolute atomic E-state index is 11.1. The first kappa shape index (κ1) is 15.4. The highest BCUT2D eigenvalue weighted by Crippen LogP contribution is 2.43. The second kappa shape index (κ2) is 6.64. The highest BCUT2D eigenvalue weighted by atomic mass is 35.5. The van der Waals surface area contributed by atoms with Crippen LogP contribution in [0.15, 0.2) is 40.4 Å². The van der Waals surface area contributed by atoms with Crippen molar-refractivity contribution in [1.29, 1.82) is 0 Å². The molecule has 21 heavy (non-hydrogen) atoms. The van der Waals surface area contributed by atoms with Gasteiger partial charge in [0.25, 0.3) is 0 Å². The van der Waals surface area contributed by atoms with Crippen molar-refractivity contribution in [3.8, 4) is 11.5 Å². The zero-order valence-electron chi connectivity index (χ0n) is 11.2. The summed E-state index contributed by atoms with van der Waals surface area (Å²) in [6, 6.07) is 6.52. The largest absolute Gasteiger partial charge is 0.495 e. The molecule has 0 radical (unpaired) electrons. The van der Waals surface area contributed by atoms with Gasteiger partial charge in [0.2, 0.25) is 0 Å². The van der Waals surface area contributed by atoms with Crippen molar-refractivity contribution >= 4 is 29.1 Å². The zero-order valence-corrected chi connectivity index (χ0v) is 12.8. The van der Waals surface area contributed by atoms with Gasteiger partial charge in [-0.3, -0.25) is 10.1 Å². The van der Waals surface area contributed by atoms with E-state index in [4.69, 9.17) is 21.1 Å². The number of pyridine rings is 1. The van der Waals surface area contributed by atoms with Crippen molar-refractivity contribution < 1.29 is 14.4 Å². The third-order valence-electron chi connectivity index (χ3n) is 2.58. The fourth-order valence-electron chi connectivity index (χ4n) is 1.64. The molecule has 2 aromatic rings. The fourth-order valence-corrected chi connectivity index (χ4v) is 2.83. The first-order valence-electron chi connectivity index (χ1n) is 5.75. The van der Waals surface area contributed by atoms with Gasteiger partial charge in [-0.05, 0) is 12.1 Å². The molecular weight excluding hydrogens is 316 g/mol. The minimum Gasteiger partial charge on any atom is -0.495 e. The predicted octanol–water partition coefficient (Wildman–Crippen LogP) is 3.81. The lowest BCUT2D eigenvalue weighted by Crippen LogP contribution is -1.95. The van der Waals surface area contributed by atoms with E-state index in [-0.39, 0.29) is 15.7 Å². The van der Waals surface area contributed by atoms with Crippen LogP contribution in [0, 0.1) is 10.1 Å². The van der Waals surface area contributed by atoms with Crippen molar-refractivity contribution in [3.05, 3.63) is 45.6 Å². The average Bonchev–Trinajstić information content (AvgIpc) is 2.48. The number of aromatic nitrogens is 1. The number of hydrogen-bond donors (Lipinski definition) is 0. The van der Waals surface area contributed by atoms with Crippen molar-refractivity contribution in [2.45, 2.75) is 9.92 Å². The van der Waals surface area contributed by atoms with Gasteiger partial charge < -0.3 is 9.47 Å². The first-order valence-corrected chi connectivity index (χ1v) is 6.95. The molecule has 0 saturated heterocycles. The minimum atomic E-state index is -0.525. The highest BCUT2D eigenvalue weighted by molar-refractivity contribution is 7.99. The second-order valence-electron chi connectivity index (χ2n) is 3.83. The number of methoxy groups -OCH3 is 2. The van der Waals surface area contributed by atoms with E-state index in [1.165, 1.54) is 26.5 Å². The normalized spacial score (nSPS) is 10.2. The van der Waals surface area contributed by atoms with Gasteiger partial charge in [0.1, 0.15) is 11.5 Å². The van der Waals surface area contributed by atoms with Crippen LogP contribution in [-0.2, 0) is 0 Å². The lowest BCUT2D eigenvalue weighted by molar-refractivity contribution is -0.388. The number of ether oxygens (including phenoxy) is 2. The summed E-state index contributed by atoms with van der Waals surface area (Å²) in [5.41, 5.74) is -0.166. The van der Waals surface area contributed by atoms with E-state index in [1.807, 2.05) is 0 Å². The van der Waals surface area contributed by atoms with Crippen molar-refractivity contribution in [3.63, 3.8) is 0 Å². The quantitative estimate of drug-likeness (QED) is 0.614. The molecule has 0 aliphatic carbocycles. The molecule has 1 heterocycles. The summed E-state index contributed by atoms with van der Waals surface area (Å²) in [6.45, 7) is 0. The molecule has 0 aliphatic heterocycles. The summed E-state index contributed by atoms with van der Waals surface area (Å²) in [5, 5.41) is 11.5. The smallest absolute Gasteiger partial charge is 0.303 e. The van der Waals surface area contributed by atoms with Gasteiger partial charge in [-0.1, -0.05) is 29.4 Å². The molecule has 0 bridgehead atoms. The number of benzene rings is 1. The Bertz CT molecular complexity index is 659. The molecule has 0 atom stereocenters. The van der Waals surface area contributed by atoms with E-state index in [0.717, 1.165) is 11.8 Å². The molecule has 0 fully saturated rings. The van der Waals surface area contributed by atoms with Crippen LogP contribution in [0.2, 0.25) is 5.02 Å². The molecule has 0 unspecified atom stereocenters.